The standard InChI is InChI=1S/C23H28N4O4S/c1-15(2)13-27-22(16(3)31-20-11-6-5-10-19(20)30-4)25-26-23(27)32-14-21(29)24-17-8-7-9-18(28)12-17/h5-12,15-16,28H,13-14H2,1-4H3,(H,24,29). The summed E-state index contributed by atoms with van der Waals surface area (Å²) in [4.78, 5) is 12.4. The summed E-state index contributed by atoms with van der Waals surface area (Å²) in [5.74, 6) is 2.37. The number of anilines is 1. The smallest absolute Gasteiger partial charge is 0.234 e. The van der Waals surface area contributed by atoms with Gasteiger partial charge in [0, 0.05) is 18.3 Å². The van der Waals surface area contributed by atoms with Crippen molar-refractivity contribution >= 4 is 23.4 Å². The number of amides is 1. The highest BCUT2D eigenvalue weighted by Crippen LogP contribution is 2.31. The van der Waals surface area contributed by atoms with Crippen molar-refractivity contribution in [1.29, 1.82) is 0 Å². The minimum absolute atomic E-state index is 0.0980. The van der Waals surface area contributed by atoms with Crippen molar-refractivity contribution < 1.29 is 19.4 Å². The topological polar surface area (TPSA) is 98.5 Å². The van der Waals surface area contributed by atoms with E-state index in [0.29, 0.717) is 40.6 Å². The SMILES string of the molecule is COc1ccccc1OC(C)c1nnc(SCC(=O)Nc2cccc(O)c2)n1CC(C)C. The van der Waals surface area contributed by atoms with Gasteiger partial charge in [0.15, 0.2) is 28.6 Å². The Morgan fingerprint density at radius 2 is 1.88 bits per heavy atom. The number of hydrogen-bond acceptors (Lipinski definition) is 7. The molecule has 0 saturated carbocycles. The highest BCUT2D eigenvalue weighted by Gasteiger charge is 2.22. The van der Waals surface area contributed by atoms with Crippen molar-refractivity contribution in [2.45, 2.75) is 38.6 Å². The van der Waals surface area contributed by atoms with Crippen LogP contribution in [0, 0.1) is 5.92 Å². The Bertz CT molecular complexity index is 1050. The number of aromatic nitrogens is 3. The fraction of sp³-hybridized carbons (Fsp3) is 0.348. The first-order chi connectivity index (χ1) is 15.4. The van der Waals surface area contributed by atoms with E-state index in [1.165, 1.54) is 17.8 Å². The summed E-state index contributed by atoms with van der Waals surface area (Å²) in [6.45, 7) is 6.83. The number of methoxy groups -OCH3 is 1. The molecule has 1 atom stereocenters. The molecule has 3 rings (SSSR count). The summed E-state index contributed by atoms with van der Waals surface area (Å²) in [5, 5.41) is 21.6. The lowest BCUT2D eigenvalue weighted by atomic mass is 10.2. The summed E-state index contributed by atoms with van der Waals surface area (Å²) >= 11 is 1.31. The summed E-state index contributed by atoms with van der Waals surface area (Å²) in [6, 6.07) is 13.9. The van der Waals surface area contributed by atoms with Gasteiger partial charge in [0.25, 0.3) is 0 Å². The van der Waals surface area contributed by atoms with Crippen LogP contribution in [0.25, 0.3) is 0 Å². The summed E-state index contributed by atoms with van der Waals surface area (Å²) in [6.07, 6.45) is -0.368. The number of hydrogen-bond donors (Lipinski definition) is 2. The number of aromatic hydroxyl groups is 1. The van der Waals surface area contributed by atoms with E-state index in [4.69, 9.17) is 9.47 Å². The van der Waals surface area contributed by atoms with Crippen LogP contribution in [-0.4, -0.2) is 38.6 Å². The molecule has 2 N–H and O–H groups in total. The third kappa shape index (κ3) is 6.16. The Morgan fingerprint density at radius 1 is 1.12 bits per heavy atom. The lowest BCUT2D eigenvalue weighted by molar-refractivity contribution is -0.113. The molecule has 0 saturated heterocycles. The number of benzene rings is 2. The lowest BCUT2D eigenvalue weighted by Crippen LogP contribution is -2.17. The summed E-state index contributed by atoms with van der Waals surface area (Å²) in [5.41, 5.74) is 0.541. The Balaban J connectivity index is 1.72. The maximum absolute atomic E-state index is 12.4. The molecule has 2 aromatic carbocycles. The first-order valence-corrected chi connectivity index (χ1v) is 11.3. The van der Waals surface area contributed by atoms with Crippen LogP contribution in [0.1, 0.15) is 32.7 Å². The molecule has 0 fully saturated rings. The van der Waals surface area contributed by atoms with Gasteiger partial charge < -0.3 is 24.5 Å². The van der Waals surface area contributed by atoms with Gasteiger partial charge in [-0.05, 0) is 37.1 Å². The number of phenolic OH excluding ortho intramolecular Hbond substituents is 1. The summed E-state index contributed by atoms with van der Waals surface area (Å²) in [7, 11) is 1.60. The van der Waals surface area contributed by atoms with Gasteiger partial charge >= 0.3 is 0 Å². The molecule has 1 unspecified atom stereocenters. The molecule has 0 aliphatic carbocycles. The molecule has 0 aliphatic heterocycles. The van der Waals surface area contributed by atoms with E-state index >= 15 is 0 Å². The Kier molecular flexibility index (Phi) is 7.99. The molecule has 32 heavy (non-hydrogen) atoms. The van der Waals surface area contributed by atoms with E-state index in [-0.39, 0.29) is 23.5 Å². The fourth-order valence-corrected chi connectivity index (χ4v) is 3.87. The molecular weight excluding hydrogens is 428 g/mol. The minimum Gasteiger partial charge on any atom is -0.508 e. The van der Waals surface area contributed by atoms with Crippen LogP contribution in [0.4, 0.5) is 5.69 Å². The molecule has 3 aromatic rings. The number of ether oxygens (including phenoxy) is 2. The average molecular weight is 457 g/mol. The van der Waals surface area contributed by atoms with Crippen molar-refractivity contribution in [3.05, 3.63) is 54.4 Å². The molecule has 0 spiro atoms. The van der Waals surface area contributed by atoms with Crippen molar-refractivity contribution in [2.75, 3.05) is 18.2 Å². The van der Waals surface area contributed by atoms with E-state index in [0.717, 1.165) is 0 Å². The number of phenols is 1. The second-order valence-corrected chi connectivity index (χ2v) is 8.59. The van der Waals surface area contributed by atoms with E-state index < -0.39 is 0 Å². The van der Waals surface area contributed by atoms with Gasteiger partial charge in [-0.3, -0.25) is 4.79 Å². The third-order valence-electron chi connectivity index (χ3n) is 4.49. The first-order valence-electron chi connectivity index (χ1n) is 10.3. The van der Waals surface area contributed by atoms with Crippen LogP contribution < -0.4 is 14.8 Å². The van der Waals surface area contributed by atoms with E-state index in [9.17, 15) is 9.90 Å². The number of carbonyl (C=O) groups excluding carboxylic acids is 1. The molecule has 0 radical (unpaired) electrons. The molecular formula is C23H28N4O4S. The van der Waals surface area contributed by atoms with E-state index in [1.54, 1.807) is 25.3 Å². The van der Waals surface area contributed by atoms with Crippen molar-refractivity contribution in [3.8, 4) is 17.2 Å². The molecule has 8 nitrogen and oxygen atoms in total. The van der Waals surface area contributed by atoms with E-state index in [1.807, 2.05) is 35.8 Å². The first kappa shape index (κ1) is 23.5. The van der Waals surface area contributed by atoms with Crippen LogP contribution in [0.3, 0.4) is 0 Å². The van der Waals surface area contributed by atoms with Gasteiger partial charge in [0.1, 0.15) is 5.75 Å². The normalized spacial score (nSPS) is 11.9. The largest absolute Gasteiger partial charge is 0.508 e. The summed E-state index contributed by atoms with van der Waals surface area (Å²) < 4.78 is 13.5. The van der Waals surface area contributed by atoms with Crippen molar-refractivity contribution in [1.82, 2.24) is 14.8 Å². The van der Waals surface area contributed by atoms with Gasteiger partial charge in [0.05, 0.1) is 12.9 Å². The highest BCUT2D eigenvalue weighted by atomic mass is 32.2. The zero-order valence-corrected chi connectivity index (χ0v) is 19.4. The van der Waals surface area contributed by atoms with Gasteiger partial charge in [-0.15, -0.1) is 10.2 Å². The zero-order chi connectivity index (χ0) is 23.1. The Morgan fingerprint density at radius 3 is 2.56 bits per heavy atom. The number of thioether (sulfide) groups is 1. The van der Waals surface area contributed by atoms with Crippen LogP contribution in [0.15, 0.2) is 53.7 Å². The van der Waals surface area contributed by atoms with Crippen molar-refractivity contribution in [2.24, 2.45) is 5.92 Å². The van der Waals surface area contributed by atoms with Crippen LogP contribution in [0.5, 0.6) is 17.2 Å². The maximum atomic E-state index is 12.4. The Hall–Kier alpha value is -3.20. The maximum Gasteiger partial charge on any atom is 0.234 e. The predicted molar refractivity (Wildman–Crippen MR) is 124 cm³/mol. The number of rotatable bonds is 10. The van der Waals surface area contributed by atoms with Gasteiger partial charge in [0.2, 0.25) is 5.91 Å². The van der Waals surface area contributed by atoms with Crippen LogP contribution >= 0.6 is 11.8 Å². The van der Waals surface area contributed by atoms with Gasteiger partial charge in [-0.25, -0.2) is 0 Å². The zero-order valence-electron chi connectivity index (χ0n) is 18.6. The van der Waals surface area contributed by atoms with Gasteiger partial charge in [-0.2, -0.15) is 0 Å². The van der Waals surface area contributed by atoms with E-state index in [2.05, 4.69) is 29.4 Å². The molecule has 1 amide bonds. The monoisotopic (exact) mass is 456 g/mol. The van der Waals surface area contributed by atoms with Gasteiger partial charge in [-0.1, -0.05) is 43.8 Å². The average Bonchev–Trinajstić information content (AvgIpc) is 3.14. The van der Waals surface area contributed by atoms with Crippen LogP contribution in [0.2, 0.25) is 0 Å². The predicted octanol–water partition coefficient (Wildman–Crippen LogP) is 4.52. The van der Waals surface area contributed by atoms with Crippen LogP contribution in [-0.2, 0) is 11.3 Å². The molecule has 9 heteroatoms. The number of nitrogens with one attached hydrogen (secondary N) is 1. The second-order valence-electron chi connectivity index (χ2n) is 7.64. The number of nitrogens with zero attached hydrogens (tertiary/aromatic N) is 3. The lowest BCUT2D eigenvalue weighted by Gasteiger charge is -2.19. The fourth-order valence-electron chi connectivity index (χ4n) is 3.11. The van der Waals surface area contributed by atoms with Crippen molar-refractivity contribution in [3.63, 3.8) is 0 Å². The molecule has 1 heterocycles. The minimum atomic E-state index is -0.368. The number of carbonyl (C=O) groups is 1. The third-order valence-corrected chi connectivity index (χ3v) is 5.46. The Labute approximate surface area is 192 Å². The quantitative estimate of drug-likeness (QED) is 0.433. The number of para-hydroxylation sites is 2. The molecule has 170 valence electrons. The molecule has 0 aliphatic rings. The highest BCUT2D eigenvalue weighted by molar-refractivity contribution is 7.99. The molecule has 1 aromatic heterocycles. The molecule has 0 bridgehead atoms. The second kappa shape index (κ2) is 10.9.